The van der Waals surface area contributed by atoms with Crippen LogP contribution in [0.4, 0.5) is 11.5 Å². The van der Waals surface area contributed by atoms with E-state index in [-0.39, 0.29) is 22.1 Å². The number of halogens is 2. The third kappa shape index (κ3) is 4.47. The number of pyridine rings is 2. The molecule has 1 fully saturated rings. The van der Waals surface area contributed by atoms with E-state index < -0.39 is 17.6 Å². The molecule has 0 bridgehead atoms. The molecule has 11 heteroatoms. The Balaban J connectivity index is 1.55. The van der Waals surface area contributed by atoms with Crippen LogP contribution in [-0.4, -0.2) is 45.6 Å². The van der Waals surface area contributed by atoms with Crippen LogP contribution in [0.1, 0.15) is 40.1 Å². The van der Waals surface area contributed by atoms with Crippen LogP contribution < -0.4 is 15.8 Å². The molecule has 1 aromatic carbocycles. The molecule has 0 aliphatic carbocycles. The van der Waals surface area contributed by atoms with Gasteiger partial charge in [-0.2, -0.15) is 0 Å². The fourth-order valence-corrected chi connectivity index (χ4v) is 5.21. The van der Waals surface area contributed by atoms with Crippen LogP contribution in [0.5, 0.6) is 0 Å². The summed E-state index contributed by atoms with van der Waals surface area (Å²) in [7, 11) is 1.68. The minimum atomic E-state index is -1.22. The first-order chi connectivity index (χ1) is 18.1. The Morgan fingerprint density at radius 3 is 2.53 bits per heavy atom. The number of nitrogens with zero attached hydrogens (tertiary/aromatic N) is 4. The number of ether oxygens (including phenoxy) is 1. The number of hydrogen-bond donors (Lipinski definition) is 2. The highest BCUT2D eigenvalue weighted by atomic mass is 35.5. The predicted molar refractivity (Wildman–Crippen MR) is 147 cm³/mol. The van der Waals surface area contributed by atoms with Gasteiger partial charge in [0.1, 0.15) is 22.2 Å². The number of nitrogens with one attached hydrogen (secondary N) is 1. The summed E-state index contributed by atoms with van der Waals surface area (Å²) in [6.45, 7) is 4.64. The monoisotopic (exact) mass is 553 g/mol. The Morgan fingerprint density at radius 2 is 1.87 bits per heavy atom. The molecule has 0 saturated carbocycles. The molecule has 4 aromatic rings. The summed E-state index contributed by atoms with van der Waals surface area (Å²) in [4.78, 5) is 36.0. The molecule has 0 radical (unpaired) electrons. The Kier molecular flexibility index (Phi) is 6.77. The van der Waals surface area contributed by atoms with Crippen molar-refractivity contribution in [3.05, 3.63) is 97.6 Å². The number of aromatic nitrogens is 3. The van der Waals surface area contributed by atoms with Gasteiger partial charge in [0.2, 0.25) is 0 Å². The first-order valence-corrected chi connectivity index (χ1v) is 12.6. The van der Waals surface area contributed by atoms with E-state index >= 15 is 0 Å². The van der Waals surface area contributed by atoms with Crippen molar-refractivity contribution in [2.24, 2.45) is 0 Å². The lowest BCUT2D eigenvalue weighted by atomic mass is 9.85. The Hall–Kier alpha value is -3.66. The van der Waals surface area contributed by atoms with Crippen LogP contribution in [0.15, 0.2) is 59.5 Å². The largest absolute Gasteiger partial charge is 0.476 e. The van der Waals surface area contributed by atoms with E-state index in [0.29, 0.717) is 40.7 Å². The molecule has 3 aromatic heterocycles. The van der Waals surface area contributed by atoms with Gasteiger partial charge >= 0.3 is 5.97 Å². The lowest BCUT2D eigenvalue weighted by Crippen LogP contribution is -2.61. The molecule has 1 aliphatic heterocycles. The summed E-state index contributed by atoms with van der Waals surface area (Å²) in [5.74, 6) is -0.656. The third-order valence-corrected chi connectivity index (χ3v) is 7.32. The van der Waals surface area contributed by atoms with Crippen molar-refractivity contribution in [2.75, 3.05) is 30.4 Å². The maximum atomic E-state index is 13.4. The van der Waals surface area contributed by atoms with E-state index in [4.69, 9.17) is 32.9 Å². The van der Waals surface area contributed by atoms with Crippen LogP contribution in [0.2, 0.25) is 10.2 Å². The van der Waals surface area contributed by atoms with Gasteiger partial charge in [0.25, 0.3) is 5.56 Å². The smallest absolute Gasteiger partial charge is 0.356 e. The lowest BCUT2D eigenvalue weighted by Gasteiger charge is -2.50. The van der Waals surface area contributed by atoms with Crippen molar-refractivity contribution in [2.45, 2.75) is 25.5 Å². The Bertz CT molecular complexity index is 1600. The van der Waals surface area contributed by atoms with Gasteiger partial charge in [-0.1, -0.05) is 53.5 Å². The first kappa shape index (κ1) is 26.0. The molecule has 38 heavy (non-hydrogen) atoms. The number of carboxylic acid groups (broad SMARTS) is 1. The number of anilines is 2. The van der Waals surface area contributed by atoms with Crippen LogP contribution in [0, 0.1) is 6.92 Å². The van der Waals surface area contributed by atoms with E-state index in [1.165, 1.54) is 16.7 Å². The van der Waals surface area contributed by atoms with E-state index in [1.807, 2.05) is 42.2 Å². The van der Waals surface area contributed by atoms with Crippen LogP contribution in [-0.2, 0) is 10.3 Å². The zero-order chi connectivity index (χ0) is 27.2. The predicted octanol–water partition coefficient (Wildman–Crippen LogP) is 4.94. The minimum absolute atomic E-state index is 0.0688. The average Bonchev–Trinajstić information content (AvgIpc) is 2.88. The standard InChI is InChI=1S/C27H25Cl2N5O4/c1-15-23(33-13-27(14-33,38-3)17-7-5-4-6-8-17)32-24-19(11-18(28)12-34(24)25(15)35)16(2)30-20-9-10-21(29)31-22(20)26(36)37/h4-12,16,30H,13-14H2,1-3H3,(H,36,37)/t16-/m1/s1. The van der Waals surface area contributed by atoms with Gasteiger partial charge < -0.3 is 20.1 Å². The second-order valence-corrected chi connectivity index (χ2v) is 10.1. The van der Waals surface area contributed by atoms with Gasteiger partial charge in [-0.25, -0.2) is 14.8 Å². The fraction of sp³-hybridized carbons (Fsp3) is 0.259. The molecule has 196 valence electrons. The number of hydrogen-bond acceptors (Lipinski definition) is 7. The Labute approximate surface area is 228 Å². The second kappa shape index (κ2) is 9.90. The van der Waals surface area contributed by atoms with E-state index in [0.717, 1.165) is 5.56 Å². The van der Waals surface area contributed by atoms with Gasteiger partial charge in [0, 0.05) is 18.9 Å². The van der Waals surface area contributed by atoms with Crippen molar-refractivity contribution < 1.29 is 14.6 Å². The maximum absolute atomic E-state index is 13.4. The number of aromatic carboxylic acids is 1. The molecule has 4 heterocycles. The zero-order valence-electron chi connectivity index (χ0n) is 20.9. The maximum Gasteiger partial charge on any atom is 0.356 e. The fourth-order valence-electron chi connectivity index (χ4n) is 4.85. The first-order valence-electron chi connectivity index (χ1n) is 11.9. The van der Waals surface area contributed by atoms with Crippen LogP contribution in [0.3, 0.4) is 0 Å². The topological polar surface area (TPSA) is 109 Å². The highest BCUT2D eigenvalue weighted by molar-refractivity contribution is 6.30. The van der Waals surface area contributed by atoms with Gasteiger partial charge in [-0.15, -0.1) is 0 Å². The number of carbonyl (C=O) groups is 1. The number of rotatable bonds is 7. The molecule has 1 atom stereocenters. The quantitative estimate of drug-likeness (QED) is 0.310. The van der Waals surface area contributed by atoms with Gasteiger partial charge in [0.15, 0.2) is 5.69 Å². The minimum Gasteiger partial charge on any atom is -0.476 e. The number of carboxylic acids is 1. The van der Waals surface area contributed by atoms with Crippen LogP contribution >= 0.6 is 23.2 Å². The number of fused-ring (bicyclic) bond motifs is 1. The van der Waals surface area contributed by atoms with Crippen molar-refractivity contribution in [3.63, 3.8) is 0 Å². The molecule has 1 aliphatic rings. The van der Waals surface area contributed by atoms with E-state index in [2.05, 4.69) is 10.3 Å². The highest BCUT2D eigenvalue weighted by Gasteiger charge is 2.46. The lowest BCUT2D eigenvalue weighted by molar-refractivity contribution is -0.0386. The van der Waals surface area contributed by atoms with Crippen molar-refractivity contribution in [3.8, 4) is 0 Å². The van der Waals surface area contributed by atoms with Gasteiger partial charge in [-0.3, -0.25) is 9.20 Å². The van der Waals surface area contributed by atoms with Crippen molar-refractivity contribution in [1.29, 1.82) is 0 Å². The summed E-state index contributed by atoms with van der Waals surface area (Å²) in [5.41, 5.74) is 1.90. The van der Waals surface area contributed by atoms with Crippen molar-refractivity contribution in [1.82, 2.24) is 14.4 Å². The molecule has 0 amide bonds. The molecule has 0 unspecified atom stereocenters. The molecular weight excluding hydrogens is 529 g/mol. The van der Waals surface area contributed by atoms with E-state index in [9.17, 15) is 14.7 Å². The van der Waals surface area contributed by atoms with E-state index in [1.54, 1.807) is 26.2 Å². The average molecular weight is 554 g/mol. The molecule has 1 saturated heterocycles. The number of benzene rings is 1. The van der Waals surface area contributed by atoms with Crippen molar-refractivity contribution >= 4 is 46.3 Å². The zero-order valence-corrected chi connectivity index (χ0v) is 22.4. The SMILES string of the molecule is COC1(c2ccccc2)CN(c2nc3c([C@@H](C)Nc4ccc(Cl)nc4C(=O)O)cc(Cl)cn3c(=O)c2C)C1. The summed E-state index contributed by atoms with van der Waals surface area (Å²) in [5, 5.41) is 13.1. The highest BCUT2D eigenvalue weighted by Crippen LogP contribution is 2.38. The number of methoxy groups -OCH3 is 1. The second-order valence-electron chi connectivity index (χ2n) is 9.29. The molecule has 9 nitrogen and oxygen atoms in total. The van der Waals surface area contributed by atoms with Gasteiger partial charge in [0.05, 0.1) is 35.4 Å². The summed E-state index contributed by atoms with van der Waals surface area (Å²) < 4.78 is 7.33. The molecule has 5 rings (SSSR count). The normalized spacial score (nSPS) is 15.2. The summed E-state index contributed by atoms with van der Waals surface area (Å²) in [6.07, 6.45) is 1.53. The Morgan fingerprint density at radius 1 is 1.16 bits per heavy atom. The summed E-state index contributed by atoms with van der Waals surface area (Å²) >= 11 is 12.3. The van der Waals surface area contributed by atoms with Gasteiger partial charge in [-0.05, 0) is 37.6 Å². The third-order valence-electron chi connectivity index (χ3n) is 6.90. The molecular formula is C27H25Cl2N5O4. The molecule has 0 spiro atoms. The summed E-state index contributed by atoms with van der Waals surface area (Å²) in [6, 6.07) is 14.2. The molecule has 2 N–H and O–H groups in total. The van der Waals surface area contributed by atoms with Crippen LogP contribution in [0.25, 0.3) is 5.65 Å².